The summed E-state index contributed by atoms with van der Waals surface area (Å²) in [5.41, 5.74) is 2.24. The molecule has 0 aliphatic heterocycles. The number of benzene rings is 1. The van der Waals surface area contributed by atoms with Crippen LogP contribution in [-0.2, 0) is 16.0 Å². The Morgan fingerprint density at radius 3 is 2.78 bits per heavy atom. The summed E-state index contributed by atoms with van der Waals surface area (Å²) < 4.78 is 10.4. The molecule has 0 radical (unpaired) electrons. The Bertz CT molecular complexity index is 385. The van der Waals surface area contributed by atoms with E-state index < -0.39 is 0 Å². The SMILES string of the molecule is CCCCOC(=O)CCc1cccc(OC)c1C. The zero-order chi connectivity index (χ0) is 13.4. The van der Waals surface area contributed by atoms with Crippen molar-refractivity contribution in [1.82, 2.24) is 0 Å². The fourth-order valence-electron chi connectivity index (χ4n) is 1.79. The van der Waals surface area contributed by atoms with Crippen molar-refractivity contribution < 1.29 is 14.3 Å². The molecule has 0 atom stereocenters. The van der Waals surface area contributed by atoms with Crippen LogP contribution in [0.4, 0.5) is 0 Å². The lowest BCUT2D eigenvalue weighted by atomic mass is 10.0. The molecule has 0 unspecified atom stereocenters. The van der Waals surface area contributed by atoms with Crippen molar-refractivity contribution in [2.24, 2.45) is 0 Å². The van der Waals surface area contributed by atoms with Crippen LogP contribution in [0, 0.1) is 6.92 Å². The minimum Gasteiger partial charge on any atom is -0.496 e. The Labute approximate surface area is 109 Å². The molecule has 3 nitrogen and oxygen atoms in total. The van der Waals surface area contributed by atoms with Crippen molar-refractivity contribution in [2.75, 3.05) is 13.7 Å². The van der Waals surface area contributed by atoms with Crippen LogP contribution in [0.3, 0.4) is 0 Å². The van der Waals surface area contributed by atoms with Gasteiger partial charge in [-0.05, 0) is 37.0 Å². The standard InChI is InChI=1S/C15H22O3/c1-4-5-11-18-15(16)10-9-13-7-6-8-14(17-3)12(13)2/h6-8H,4-5,9-11H2,1-3H3. The van der Waals surface area contributed by atoms with Crippen LogP contribution in [0.15, 0.2) is 18.2 Å². The Kier molecular flexibility index (Phi) is 6.26. The maximum absolute atomic E-state index is 11.5. The zero-order valence-corrected chi connectivity index (χ0v) is 11.5. The molecule has 0 N–H and O–H groups in total. The lowest BCUT2D eigenvalue weighted by Gasteiger charge is -2.10. The van der Waals surface area contributed by atoms with Gasteiger partial charge in [-0.25, -0.2) is 0 Å². The average molecular weight is 250 g/mol. The molecule has 18 heavy (non-hydrogen) atoms. The van der Waals surface area contributed by atoms with Gasteiger partial charge in [-0.2, -0.15) is 0 Å². The number of rotatable bonds is 7. The minimum absolute atomic E-state index is 0.120. The highest BCUT2D eigenvalue weighted by Gasteiger charge is 2.07. The number of carbonyl (C=O) groups excluding carboxylic acids is 1. The lowest BCUT2D eigenvalue weighted by molar-refractivity contribution is -0.143. The number of unbranched alkanes of at least 4 members (excludes halogenated alkanes) is 1. The van der Waals surface area contributed by atoms with E-state index in [1.54, 1.807) is 7.11 Å². The molecule has 1 rings (SSSR count). The molecule has 0 aliphatic carbocycles. The third kappa shape index (κ3) is 4.40. The summed E-state index contributed by atoms with van der Waals surface area (Å²) in [6.07, 6.45) is 3.11. The van der Waals surface area contributed by atoms with E-state index in [4.69, 9.17) is 9.47 Å². The van der Waals surface area contributed by atoms with Crippen LogP contribution in [-0.4, -0.2) is 19.7 Å². The van der Waals surface area contributed by atoms with E-state index in [1.807, 2.05) is 25.1 Å². The number of methoxy groups -OCH3 is 1. The fourth-order valence-corrected chi connectivity index (χ4v) is 1.79. The van der Waals surface area contributed by atoms with Crippen molar-refractivity contribution in [3.05, 3.63) is 29.3 Å². The first-order valence-corrected chi connectivity index (χ1v) is 6.47. The molecule has 100 valence electrons. The van der Waals surface area contributed by atoms with Crippen molar-refractivity contribution >= 4 is 5.97 Å². The number of esters is 1. The summed E-state index contributed by atoms with van der Waals surface area (Å²) in [5.74, 6) is 0.748. The molecule has 0 aliphatic rings. The van der Waals surface area contributed by atoms with Gasteiger partial charge in [-0.15, -0.1) is 0 Å². The number of ether oxygens (including phenoxy) is 2. The molecule has 0 saturated carbocycles. The van der Waals surface area contributed by atoms with Crippen molar-refractivity contribution in [1.29, 1.82) is 0 Å². The van der Waals surface area contributed by atoms with E-state index in [0.29, 0.717) is 19.4 Å². The summed E-state index contributed by atoms with van der Waals surface area (Å²) in [4.78, 5) is 11.5. The molecule has 0 bridgehead atoms. The predicted octanol–water partition coefficient (Wildman–Crippen LogP) is 3.28. The van der Waals surface area contributed by atoms with Gasteiger partial charge in [0.25, 0.3) is 0 Å². The van der Waals surface area contributed by atoms with Crippen molar-refractivity contribution in [3.8, 4) is 5.75 Å². The van der Waals surface area contributed by atoms with Crippen LogP contribution >= 0.6 is 0 Å². The molecular formula is C15H22O3. The molecule has 0 fully saturated rings. The molecule has 0 saturated heterocycles. The van der Waals surface area contributed by atoms with E-state index in [2.05, 4.69) is 6.92 Å². The molecular weight excluding hydrogens is 228 g/mol. The second-order valence-corrected chi connectivity index (χ2v) is 4.32. The first kappa shape index (κ1) is 14.6. The Balaban J connectivity index is 2.46. The van der Waals surface area contributed by atoms with Gasteiger partial charge in [0.15, 0.2) is 0 Å². The Morgan fingerprint density at radius 2 is 2.11 bits per heavy atom. The van der Waals surface area contributed by atoms with Crippen LogP contribution < -0.4 is 4.74 Å². The molecule has 0 spiro atoms. The first-order valence-electron chi connectivity index (χ1n) is 6.47. The van der Waals surface area contributed by atoms with Gasteiger partial charge < -0.3 is 9.47 Å². The van der Waals surface area contributed by atoms with Gasteiger partial charge in [-0.3, -0.25) is 4.79 Å². The Hall–Kier alpha value is -1.51. The maximum Gasteiger partial charge on any atom is 0.306 e. The van der Waals surface area contributed by atoms with Crippen molar-refractivity contribution in [2.45, 2.75) is 39.5 Å². The molecule has 3 heteroatoms. The largest absolute Gasteiger partial charge is 0.496 e. The van der Waals surface area contributed by atoms with E-state index >= 15 is 0 Å². The predicted molar refractivity (Wildman–Crippen MR) is 71.9 cm³/mol. The normalized spacial score (nSPS) is 10.2. The van der Waals surface area contributed by atoms with E-state index in [9.17, 15) is 4.79 Å². The van der Waals surface area contributed by atoms with Crippen molar-refractivity contribution in [3.63, 3.8) is 0 Å². The smallest absolute Gasteiger partial charge is 0.306 e. The van der Waals surface area contributed by atoms with Crippen LogP contribution in [0.2, 0.25) is 0 Å². The van der Waals surface area contributed by atoms with Crippen LogP contribution in [0.1, 0.15) is 37.3 Å². The first-order chi connectivity index (χ1) is 8.69. The van der Waals surface area contributed by atoms with Gasteiger partial charge in [0, 0.05) is 6.42 Å². The summed E-state index contributed by atoms with van der Waals surface area (Å²) in [6, 6.07) is 5.90. The maximum atomic E-state index is 11.5. The summed E-state index contributed by atoms with van der Waals surface area (Å²) in [7, 11) is 1.66. The third-order valence-electron chi connectivity index (χ3n) is 2.98. The minimum atomic E-state index is -0.120. The quantitative estimate of drug-likeness (QED) is 0.550. The topological polar surface area (TPSA) is 35.5 Å². The lowest BCUT2D eigenvalue weighted by Crippen LogP contribution is -2.07. The van der Waals surface area contributed by atoms with Crippen LogP contribution in [0.25, 0.3) is 0 Å². The molecule has 0 amide bonds. The molecule has 1 aromatic carbocycles. The number of hydrogen-bond donors (Lipinski definition) is 0. The average Bonchev–Trinajstić information content (AvgIpc) is 2.38. The van der Waals surface area contributed by atoms with Gasteiger partial charge in [0.05, 0.1) is 13.7 Å². The summed E-state index contributed by atoms with van der Waals surface area (Å²) >= 11 is 0. The van der Waals surface area contributed by atoms with Gasteiger partial charge in [0.2, 0.25) is 0 Å². The zero-order valence-electron chi connectivity index (χ0n) is 11.5. The second-order valence-electron chi connectivity index (χ2n) is 4.32. The highest BCUT2D eigenvalue weighted by atomic mass is 16.5. The van der Waals surface area contributed by atoms with Gasteiger partial charge in [-0.1, -0.05) is 25.5 Å². The third-order valence-corrected chi connectivity index (χ3v) is 2.98. The van der Waals surface area contributed by atoms with E-state index in [0.717, 1.165) is 29.7 Å². The number of carbonyl (C=O) groups is 1. The number of hydrogen-bond acceptors (Lipinski definition) is 3. The summed E-state index contributed by atoms with van der Waals surface area (Å²) in [5, 5.41) is 0. The molecule has 1 aromatic rings. The van der Waals surface area contributed by atoms with E-state index in [1.165, 1.54) is 0 Å². The fraction of sp³-hybridized carbons (Fsp3) is 0.533. The van der Waals surface area contributed by atoms with Crippen LogP contribution in [0.5, 0.6) is 5.75 Å². The number of aryl methyl sites for hydroxylation is 1. The monoisotopic (exact) mass is 250 g/mol. The highest BCUT2D eigenvalue weighted by Crippen LogP contribution is 2.21. The summed E-state index contributed by atoms with van der Waals surface area (Å²) in [6.45, 7) is 4.62. The Morgan fingerprint density at radius 1 is 1.33 bits per heavy atom. The van der Waals surface area contributed by atoms with Gasteiger partial charge in [0.1, 0.15) is 5.75 Å². The second kappa shape index (κ2) is 7.75. The van der Waals surface area contributed by atoms with E-state index in [-0.39, 0.29) is 5.97 Å². The molecule has 0 aromatic heterocycles. The highest BCUT2D eigenvalue weighted by molar-refractivity contribution is 5.69. The van der Waals surface area contributed by atoms with Gasteiger partial charge >= 0.3 is 5.97 Å². The molecule has 0 heterocycles.